The molecule has 1 fully saturated rings. The molecule has 0 aromatic heterocycles. The van der Waals surface area contributed by atoms with Gasteiger partial charge in [-0.2, -0.15) is 0 Å². The predicted octanol–water partition coefficient (Wildman–Crippen LogP) is 5.56. The summed E-state index contributed by atoms with van der Waals surface area (Å²) in [4.78, 5) is 12.6. The highest BCUT2D eigenvalue weighted by molar-refractivity contribution is 6.30. The summed E-state index contributed by atoms with van der Waals surface area (Å²) >= 11 is 5.90. The highest BCUT2D eigenvalue weighted by Gasteiger charge is 2.20. The Balaban J connectivity index is 1.87. The number of hydrogen-bond donors (Lipinski definition) is 0. The van der Waals surface area contributed by atoms with Crippen molar-refractivity contribution in [2.24, 2.45) is 0 Å². The summed E-state index contributed by atoms with van der Waals surface area (Å²) in [5.41, 5.74) is 3.89. The third kappa shape index (κ3) is 3.55. The van der Waals surface area contributed by atoms with E-state index in [9.17, 15) is 4.79 Å². The van der Waals surface area contributed by atoms with Crippen molar-refractivity contribution >= 4 is 29.5 Å². The molecule has 2 aromatic rings. The van der Waals surface area contributed by atoms with Crippen LogP contribution in [0.2, 0.25) is 5.02 Å². The highest BCUT2D eigenvalue weighted by Crippen LogP contribution is 2.28. The standard InChI is InChI=1S/C20H17ClO/c21-19-11-9-16(10-12-19)14-18-8-4-7-17(20(18)22)13-15-5-2-1-3-6-15/h1-3,5-6,9-14H,4,7-8H2/b17-13+,18-14?. The fourth-order valence-electron chi connectivity index (χ4n) is 2.69. The Morgan fingerprint density at radius 3 is 1.91 bits per heavy atom. The molecule has 0 radical (unpaired) electrons. The van der Waals surface area contributed by atoms with Gasteiger partial charge in [-0.1, -0.05) is 54.1 Å². The number of carbonyl (C=O) groups is 1. The van der Waals surface area contributed by atoms with Crippen LogP contribution in [0.5, 0.6) is 0 Å². The Morgan fingerprint density at radius 1 is 0.773 bits per heavy atom. The Labute approximate surface area is 135 Å². The van der Waals surface area contributed by atoms with Gasteiger partial charge in [0.15, 0.2) is 5.78 Å². The van der Waals surface area contributed by atoms with Crippen molar-refractivity contribution in [2.45, 2.75) is 19.3 Å². The molecule has 0 aliphatic heterocycles. The highest BCUT2D eigenvalue weighted by atomic mass is 35.5. The second kappa shape index (κ2) is 6.76. The van der Waals surface area contributed by atoms with Crippen molar-refractivity contribution in [3.05, 3.63) is 81.9 Å². The van der Waals surface area contributed by atoms with Crippen LogP contribution in [0.1, 0.15) is 30.4 Å². The minimum Gasteiger partial charge on any atom is -0.289 e. The third-order valence-electron chi connectivity index (χ3n) is 3.83. The van der Waals surface area contributed by atoms with Crippen LogP contribution in [-0.2, 0) is 4.79 Å². The molecule has 0 N–H and O–H groups in total. The van der Waals surface area contributed by atoms with Gasteiger partial charge in [0, 0.05) is 16.2 Å². The molecule has 0 saturated heterocycles. The average Bonchev–Trinajstić information content (AvgIpc) is 2.54. The van der Waals surface area contributed by atoms with Crippen LogP contribution in [-0.4, -0.2) is 5.78 Å². The monoisotopic (exact) mass is 308 g/mol. The zero-order valence-electron chi connectivity index (χ0n) is 12.3. The zero-order valence-corrected chi connectivity index (χ0v) is 13.0. The Kier molecular flexibility index (Phi) is 4.55. The second-order valence-corrected chi connectivity index (χ2v) is 5.92. The first kappa shape index (κ1) is 14.8. The van der Waals surface area contributed by atoms with Gasteiger partial charge in [0.05, 0.1) is 0 Å². The van der Waals surface area contributed by atoms with Gasteiger partial charge in [0.2, 0.25) is 0 Å². The normalized spacial score (nSPS) is 18.9. The lowest BCUT2D eigenvalue weighted by atomic mass is 9.87. The number of hydrogen-bond acceptors (Lipinski definition) is 1. The number of rotatable bonds is 2. The molecule has 0 amide bonds. The van der Waals surface area contributed by atoms with E-state index in [4.69, 9.17) is 11.6 Å². The summed E-state index contributed by atoms with van der Waals surface area (Å²) in [6, 6.07) is 17.6. The van der Waals surface area contributed by atoms with E-state index in [1.807, 2.05) is 66.7 Å². The Bertz CT molecular complexity index is 724. The van der Waals surface area contributed by atoms with E-state index in [-0.39, 0.29) is 5.78 Å². The molecule has 2 aromatic carbocycles. The predicted molar refractivity (Wildman–Crippen MR) is 92.7 cm³/mol. The molecule has 1 aliphatic carbocycles. The third-order valence-corrected chi connectivity index (χ3v) is 4.08. The van der Waals surface area contributed by atoms with Gasteiger partial charge in [0.25, 0.3) is 0 Å². The molecule has 0 bridgehead atoms. The lowest BCUT2D eigenvalue weighted by Gasteiger charge is -2.16. The topological polar surface area (TPSA) is 17.1 Å². The summed E-state index contributed by atoms with van der Waals surface area (Å²) < 4.78 is 0. The molecule has 0 heterocycles. The Morgan fingerprint density at radius 2 is 1.32 bits per heavy atom. The van der Waals surface area contributed by atoms with E-state index in [1.165, 1.54) is 0 Å². The number of allylic oxidation sites excluding steroid dienone is 2. The molecule has 0 spiro atoms. The summed E-state index contributed by atoms with van der Waals surface area (Å²) in [5.74, 6) is 0.171. The summed E-state index contributed by atoms with van der Waals surface area (Å²) in [6.45, 7) is 0. The number of halogens is 1. The number of benzene rings is 2. The van der Waals surface area contributed by atoms with E-state index >= 15 is 0 Å². The van der Waals surface area contributed by atoms with Crippen molar-refractivity contribution in [1.82, 2.24) is 0 Å². The molecular weight excluding hydrogens is 292 g/mol. The SMILES string of the molecule is O=C1C(=Cc2ccc(Cl)cc2)CCC/C1=C\c1ccccc1. The van der Waals surface area contributed by atoms with Crippen LogP contribution in [0.15, 0.2) is 65.7 Å². The van der Waals surface area contributed by atoms with E-state index < -0.39 is 0 Å². The van der Waals surface area contributed by atoms with Crippen LogP contribution < -0.4 is 0 Å². The van der Waals surface area contributed by atoms with Gasteiger partial charge in [-0.3, -0.25) is 4.79 Å². The van der Waals surface area contributed by atoms with E-state index in [0.717, 1.165) is 41.5 Å². The van der Waals surface area contributed by atoms with Gasteiger partial charge < -0.3 is 0 Å². The quantitative estimate of drug-likeness (QED) is 0.664. The first-order valence-electron chi connectivity index (χ1n) is 7.49. The molecular formula is C20H17ClO. The molecule has 1 nitrogen and oxygen atoms in total. The molecule has 1 saturated carbocycles. The fourth-order valence-corrected chi connectivity index (χ4v) is 2.81. The van der Waals surface area contributed by atoms with E-state index in [1.54, 1.807) is 0 Å². The molecule has 0 atom stereocenters. The lowest BCUT2D eigenvalue weighted by Crippen LogP contribution is -2.12. The lowest BCUT2D eigenvalue weighted by molar-refractivity contribution is -0.112. The minimum absolute atomic E-state index is 0.171. The molecule has 110 valence electrons. The van der Waals surface area contributed by atoms with Crippen molar-refractivity contribution in [3.8, 4) is 0 Å². The van der Waals surface area contributed by atoms with E-state index in [0.29, 0.717) is 5.02 Å². The maximum absolute atomic E-state index is 12.6. The first-order valence-corrected chi connectivity index (χ1v) is 7.86. The van der Waals surface area contributed by atoms with Crippen LogP contribution >= 0.6 is 11.6 Å². The van der Waals surface area contributed by atoms with E-state index in [2.05, 4.69) is 0 Å². The van der Waals surface area contributed by atoms with Gasteiger partial charge in [-0.05, 0) is 54.7 Å². The van der Waals surface area contributed by atoms with Crippen LogP contribution in [0.4, 0.5) is 0 Å². The van der Waals surface area contributed by atoms with Crippen molar-refractivity contribution in [1.29, 1.82) is 0 Å². The van der Waals surface area contributed by atoms with Crippen molar-refractivity contribution in [2.75, 3.05) is 0 Å². The number of ketones is 1. The van der Waals surface area contributed by atoms with Gasteiger partial charge >= 0.3 is 0 Å². The van der Waals surface area contributed by atoms with Gasteiger partial charge in [-0.25, -0.2) is 0 Å². The first-order chi connectivity index (χ1) is 10.7. The molecule has 0 unspecified atom stereocenters. The van der Waals surface area contributed by atoms with Crippen molar-refractivity contribution < 1.29 is 4.79 Å². The summed E-state index contributed by atoms with van der Waals surface area (Å²) in [5, 5.41) is 0.710. The maximum atomic E-state index is 12.6. The van der Waals surface area contributed by atoms with Gasteiger partial charge in [0.1, 0.15) is 0 Å². The minimum atomic E-state index is 0.171. The summed E-state index contributed by atoms with van der Waals surface area (Å²) in [6.07, 6.45) is 6.71. The second-order valence-electron chi connectivity index (χ2n) is 5.48. The number of carbonyl (C=O) groups excluding carboxylic acids is 1. The zero-order chi connectivity index (χ0) is 15.4. The number of Topliss-reactive ketones (excluding diaryl/α,β-unsaturated/α-hetero) is 1. The van der Waals surface area contributed by atoms with Gasteiger partial charge in [-0.15, -0.1) is 0 Å². The molecule has 2 heteroatoms. The average molecular weight is 309 g/mol. The molecule has 22 heavy (non-hydrogen) atoms. The fraction of sp³-hybridized carbons (Fsp3) is 0.150. The summed E-state index contributed by atoms with van der Waals surface area (Å²) in [7, 11) is 0. The smallest absolute Gasteiger partial charge is 0.185 e. The van der Waals surface area contributed by atoms with Crippen LogP contribution in [0.25, 0.3) is 12.2 Å². The van der Waals surface area contributed by atoms with Crippen molar-refractivity contribution in [3.63, 3.8) is 0 Å². The van der Waals surface area contributed by atoms with Crippen LogP contribution in [0.3, 0.4) is 0 Å². The maximum Gasteiger partial charge on any atom is 0.185 e. The Hall–Kier alpha value is -2.12. The largest absolute Gasteiger partial charge is 0.289 e. The van der Waals surface area contributed by atoms with Crippen LogP contribution in [0, 0.1) is 0 Å². The molecule has 1 aliphatic rings. The molecule has 3 rings (SSSR count).